The summed E-state index contributed by atoms with van der Waals surface area (Å²) in [6, 6.07) is 21.1. The molecule has 0 radical (unpaired) electrons. The van der Waals surface area contributed by atoms with Crippen molar-refractivity contribution in [3.05, 3.63) is 71.8 Å². The van der Waals surface area contributed by atoms with Gasteiger partial charge in [-0.25, -0.2) is 0 Å². The van der Waals surface area contributed by atoms with Crippen LogP contribution in [-0.4, -0.2) is 52.7 Å². The summed E-state index contributed by atoms with van der Waals surface area (Å²) < 4.78 is 5.77. The average molecular weight is 451 g/mol. The van der Waals surface area contributed by atoms with Gasteiger partial charge in [-0.1, -0.05) is 88.4 Å². The molecule has 3 aliphatic rings. The molecule has 0 unspecified atom stereocenters. The fraction of sp³-hybridized carbons (Fsp3) is 0.536. The number of hydrogen-bond acceptors (Lipinski definition) is 4. The van der Waals surface area contributed by atoms with E-state index in [0.29, 0.717) is 18.1 Å². The molecule has 5 nitrogen and oxygen atoms in total. The van der Waals surface area contributed by atoms with Crippen molar-refractivity contribution in [1.29, 1.82) is 0 Å². The predicted octanol–water partition coefficient (Wildman–Crippen LogP) is 4.62. The molecule has 0 saturated carbocycles. The van der Waals surface area contributed by atoms with Crippen LogP contribution in [0.4, 0.5) is 0 Å². The maximum absolute atomic E-state index is 12.3. The minimum absolute atomic E-state index is 0.185. The van der Waals surface area contributed by atoms with Crippen LogP contribution in [0, 0.1) is 10.8 Å². The van der Waals surface area contributed by atoms with E-state index in [9.17, 15) is 9.90 Å². The lowest BCUT2D eigenvalue weighted by molar-refractivity contribution is -0.141. The zero-order chi connectivity index (χ0) is 23.6. The first-order valence-corrected chi connectivity index (χ1v) is 12.1. The Bertz CT molecular complexity index is 929. The molecule has 0 aromatic heterocycles. The summed E-state index contributed by atoms with van der Waals surface area (Å²) in [6.07, 6.45) is 1.81. The van der Waals surface area contributed by atoms with Gasteiger partial charge in [0.25, 0.3) is 0 Å². The number of hydrogen-bond donors (Lipinski definition) is 1. The fourth-order valence-electron chi connectivity index (χ4n) is 5.58. The lowest BCUT2D eigenvalue weighted by Gasteiger charge is -2.24. The summed E-state index contributed by atoms with van der Waals surface area (Å²) in [7, 11) is 0. The van der Waals surface area contributed by atoms with E-state index in [1.165, 1.54) is 5.56 Å². The first-order valence-electron chi connectivity index (χ1n) is 12.1. The molecule has 5 heteroatoms. The van der Waals surface area contributed by atoms with E-state index < -0.39 is 0 Å². The van der Waals surface area contributed by atoms with Gasteiger partial charge >= 0.3 is 0 Å². The first kappa shape index (κ1) is 23.9. The van der Waals surface area contributed by atoms with E-state index in [2.05, 4.69) is 43.0 Å². The second-order valence-corrected chi connectivity index (χ2v) is 11.1. The van der Waals surface area contributed by atoms with Gasteiger partial charge in [0.15, 0.2) is 6.23 Å². The van der Waals surface area contributed by atoms with E-state index in [1.807, 2.05) is 55.1 Å². The second-order valence-electron chi connectivity index (χ2n) is 11.1. The van der Waals surface area contributed by atoms with E-state index in [1.54, 1.807) is 0 Å². The predicted molar refractivity (Wildman–Crippen MR) is 130 cm³/mol. The van der Waals surface area contributed by atoms with Gasteiger partial charge in [-0.05, 0) is 23.8 Å². The van der Waals surface area contributed by atoms with Gasteiger partial charge in [-0.3, -0.25) is 9.69 Å². The number of carbonyl (C=O) groups excluding carboxylic acids is 1. The lowest BCUT2D eigenvalue weighted by Crippen LogP contribution is -2.34. The summed E-state index contributed by atoms with van der Waals surface area (Å²) in [5.41, 5.74) is 2.50. The van der Waals surface area contributed by atoms with Crippen LogP contribution in [0.3, 0.4) is 0 Å². The van der Waals surface area contributed by atoms with Crippen molar-refractivity contribution < 1.29 is 14.6 Å². The molecule has 0 spiro atoms. The Hall–Kier alpha value is -2.21. The van der Waals surface area contributed by atoms with Crippen molar-refractivity contribution in [1.82, 2.24) is 9.80 Å². The third kappa shape index (κ3) is 5.32. The van der Waals surface area contributed by atoms with Gasteiger partial charge in [0.1, 0.15) is 0 Å². The van der Waals surface area contributed by atoms with Crippen LogP contribution in [0.25, 0.3) is 0 Å². The molecule has 1 amide bonds. The summed E-state index contributed by atoms with van der Waals surface area (Å²) in [5.74, 6) is 0.217. The quantitative estimate of drug-likeness (QED) is 0.738. The molecule has 3 fully saturated rings. The Labute approximate surface area is 198 Å². The maximum atomic E-state index is 12.3. The number of nitrogens with zero attached hydrogens (tertiary/aromatic N) is 2. The van der Waals surface area contributed by atoms with E-state index in [4.69, 9.17) is 4.74 Å². The third-order valence-electron chi connectivity index (χ3n) is 7.11. The highest BCUT2D eigenvalue weighted by Crippen LogP contribution is 2.44. The van der Waals surface area contributed by atoms with Crippen molar-refractivity contribution in [3.8, 4) is 0 Å². The normalized spacial score (nSPS) is 27.8. The highest BCUT2D eigenvalue weighted by Gasteiger charge is 2.52. The van der Waals surface area contributed by atoms with Crippen LogP contribution in [-0.2, 0) is 16.1 Å². The minimum atomic E-state index is -0.235. The fourth-order valence-corrected chi connectivity index (χ4v) is 5.58. The molecular formula is C28H38N2O3. The summed E-state index contributed by atoms with van der Waals surface area (Å²) in [4.78, 5) is 16.7. The molecule has 0 bridgehead atoms. The van der Waals surface area contributed by atoms with Crippen molar-refractivity contribution in [3.63, 3.8) is 0 Å². The van der Waals surface area contributed by atoms with Crippen LogP contribution >= 0.6 is 0 Å². The molecule has 3 saturated heterocycles. The van der Waals surface area contributed by atoms with Crippen LogP contribution in [0.15, 0.2) is 60.7 Å². The summed E-state index contributed by atoms with van der Waals surface area (Å²) >= 11 is 0. The van der Waals surface area contributed by atoms with Crippen molar-refractivity contribution in [2.75, 3.05) is 19.8 Å². The molecule has 2 aromatic rings. The van der Waals surface area contributed by atoms with Crippen molar-refractivity contribution in [2.24, 2.45) is 10.8 Å². The van der Waals surface area contributed by atoms with Crippen LogP contribution in [0.5, 0.6) is 0 Å². The number of likely N-dealkylation sites (tertiary alicyclic amines) is 1. The SMILES string of the molecule is CC1(C)C[C@@H](CO)N(Cc2ccccc2)C1.CC1(C)C[C@H]2CO[C@H](c3ccccc3)N2C1=O. The number of ether oxygens (including phenoxy) is 1. The van der Waals surface area contributed by atoms with Crippen molar-refractivity contribution in [2.45, 2.75) is 65.4 Å². The van der Waals surface area contributed by atoms with Crippen LogP contribution < -0.4 is 0 Å². The molecule has 1 N–H and O–H groups in total. The lowest BCUT2D eigenvalue weighted by atomic mass is 9.90. The monoisotopic (exact) mass is 450 g/mol. The molecule has 5 rings (SSSR count). The molecule has 178 valence electrons. The van der Waals surface area contributed by atoms with Gasteiger partial charge in [-0.15, -0.1) is 0 Å². The van der Waals surface area contributed by atoms with Crippen LogP contribution in [0.2, 0.25) is 0 Å². The molecule has 2 aromatic carbocycles. The highest BCUT2D eigenvalue weighted by atomic mass is 16.5. The van der Waals surface area contributed by atoms with Gasteiger partial charge in [0, 0.05) is 30.1 Å². The molecule has 33 heavy (non-hydrogen) atoms. The number of amides is 1. The Morgan fingerprint density at radius 3 is 2.24 bits per heavy atom. The topological polar surface area (TPSA) is 53.0 Å². The molecule has 3 heterocycles. The zero-order valence-electron chi connectivity index (χ0n) is 20.4. The molecule has 0 aliphatic carbocycles. The smallest absolute Gasteiger partial charge is 0.230 e. The number of benzene rings is 2. The third-order valence-corrected chi connectivity index (χ3v) is 7.11. The maximum Gasteiger partial charge on any atom is 0.230 e. The van der Waals surface area contributed by atoms with Gasteiger partial charge in [0.2, 0.25) is 5.91 Å². The largest absolute Gasteiger partial charge is 0.395 e. The van der Waals surface area contributed by atoms with Crippen molar-refractivity contribution >= 4 is 5.91 Å². The minimum Gasteiger partial charge on any atom is -0.395 e. The molecular weight excluding hydrogens is 412 g/mol. The average Bonchev–Trinajstić information content (AvgIpc) is 3.40. The van der Waals surface area contributed by atoms with Gasteiger partial charge in [0.05, 0.1) is 19.3 Å². The Morgan fingerprint density at radius 1 is 0.970 bits per heavy atom. The Morgan fingerprint density at radius 2 is 1.61 bits per heavy atom. The van der Waals surface area contributed by atoms with E-state index in [0.717, 1.165) is 31.5 Å². The first-order chi connectivity index (χ1) is 15.7. The number of fused-ring (bicyclic) bond motifs is 1. The molecule has 3 aliphatic heterocycles. The summed E-state index contributed by atoms with van der Waals surface area (Å²) in [5, 5.41) is 9.41. The number of rotatable bonds is 4. The Kier molecular flexibility index (Phi) is 6.94. The number of aliphatic hydroxyl groups excluding tert-OH is 1. The summed E-state index contributed by atoms with van der Waals surface area (Å²) in [6.45, 7) is 11.6. The van der Waals surface area contributed by atoms with Gasteiger partial charge < -0.3 is 14.7 Å². The zero-order valence-corrected chi connectivity index (χ0v) is 20.4. The van der Waals surface area contributed by atoms with Gasteiger partial charge in [-0.2, -0.15) is 0 Å². The Balaban J connectivity index is 0.000000157. The highest BCUT2D eigenvalue weighted by molar-refractivity contribution is 5.85. The molecule has 3 atom stereocenters. The number of carbonyl (C=O) groups is 1. The van der Waals surface area contributed by atoms with E-state index in [-0.39, 0.29) is 30.2 Å². The standard InChI is InChI=1S/C14H17NO2.C14H21NO/c1-14(2)8-11-9-17-12(15(11)13(14)16)10-6-4-3-5-7-10;1-14(2)8-13(10-16)15(11-14)9-12-6-4-3-5-7-12/h3-7,11-12H,8-9H2,1-2H3;3-7,13,16H,8-11H2,1-2H3/t11-,12+;13-/m00/s1. The van der Waals surface area contributed by atoms with E-state index >= 15 is 0 Å². The number of aliphatic hydroxyl groups is 1. The van der Waals surface area contributed by atoms with Crippen LogP contribution in [0.1, 0.15) is 57.9 Å². The second kappa shape index (κ2) is 9.57.